The Bertz CT molecular complexity index is 494. The van der Waals surface area contributed by atoms with Crippen molar-refractivity contribution in [3.05, 3.63) is 28.2 Å². The maximum atomic E-state index is 10.1. The van der Waals surface area contributed by atoms with Gasteiger partial charge in [-0.05, 0) is 63.4 Å². The monoisotopic (exact) mass is 352 g/mol. The van der Waals surface area contributed by atoms with Gasteiger partial charge in [0.15, 0.2) is 0 Å². The summed E-state index contributed by atoms with van der Waals surface area (Å²) in [6, 6.07) is 7.31. The van der Waals surface area contributed by atoms with E-state index in [0.29, 0.717) is 11.8 Å². The summed E-state index contributed by atoms with van der Waals surface area (Å²) in [6.07, 6.45) is 6.19. The smallest absolute Gasteiger partial charge is 0.120 e. The predicted molar refractivity (Wildman–Crippen MR) is 89.6 cm³/mol. The van der Waals surface area contributed by atoms with Crippen molar-refractivity contribution in [3.63, 3.8) is 0 Å². The Balaban J connectivity index is 1.68. The van der Waals surface area contributed by atoms with Crippen molar-refractivity contribution in [2.24, 2.45) is 0 Å². The van der Waals surface area contributed by atoms with E-state index in [1.165, 1.54) is 38.8 Å². The molecule has 0 saturated carbocycles. The summed E-state index contributed by atoms with van der Waals surface area (Å²) in [5.74, 6) is 0.399. The maximum absolute atomic E-state index is 10.1. The number of nitrogens with zero attached hydrogens (tertiary/aromatic N) is 1. The van der Waals surface area contributed by atoms with E-state index >= 15 is 0 Å². The standard InChI is InChI=1S/C17H25BrN2O/c1-2-16(15-10-12(18)5-6-17(15)21)19-13-7-9-20-8-3-4-14(20)11-13/h5-6,10,13-14,16,19,21H,2-4,7-9,11H2,1H3. The number of nitrogens with one attached hydrogen (secondary N) is 1. The van der Waals surface area contributed by atoms with Crippen LogP contribution in [-0.2, 0) is 0 Å². The molecule has 3 atom stereocenters. The molecule has 0 amide bonds. The van der Waals surface area contributed by atoms with E-state index in [9.17, 15) is 5.11 Å². The maximum Gasteiger partial charge on any atom is 0.120 e. The molecule has 2 N–H and O–H groups in total. The zero-order valence-corrected chi connectivity index (χ0v) is 14.3. The van der Waals surface area contributed by atoms with Gasteiger partial charge in [-0.15, -0.1) is 0 Å². The third-order valence-electron chi connectivity index (χ3n) is 5.03. The minimum atomic E-state index is 0.237. The fourth-order valence-corrected chi connectivity index (χ4v) is 4.27. The van der Waals surface area contributed by atoms with Crippen molar-refractivity contribution in [1.82, 2.24) is 10.2 Å². The number of hydrogen-bond acceptors (Lipinski definition) is 3. The van der Waals surface area contributed by atoms with Crippen LogP contribution >= 0.6 is 15.9 Å². The zero-order chi connectivity index (χ0) is 14.8. The molecule has 0 radical (unpaired) electrons. The van der Waals surface area contributed by atoms with Crippen LogP contribution in [0.5, 0.6) is 5.75 Å². The van der Waals surface area contributed by atoms with Gasteiger partial charge in [-0.2, -0.15) is 0 Å². The fraction of sp³-hybridized carbons (Fsp3) is 0.647. The zero-order valence-electron chi connectivity index (χ0n) is 12.7. The van der Waals surface area contributed by atoms with E-state index in [1.54, 1.807) is 6.07 Å². The summed E-state index contributed by atoms with van der Waals surface area (Å²) in [4.78, 5) is 2.65. The molecule has 2 saturated heterocycles. The van der Waals surface area contributed by atoms with Crippen molar-refractivity contribution in [3.8, 4) is 5.75 Å². The number of piperidine rings is 1. The molecule has 2 fully saturated rings. The van der Waals surface area contributed by atoms with Crippen molar-refractivity contribution >= 4 is 15.9 Å². The average molecular weight is 353 g/mol. The quantitative estimate of drug-likeness (QED) is 0.864. The summed E-state index contributed by atoms with van der Waals surface area (Å²) >= 11 is 3.51. The Morgan fingerprint density at radius 1 is 1.38 bits per heavy atom. The molecule has 21 heavy (non-hydrogen) atoms. The number of halogens is 1. The third kappa shape index (κ3) is 3.43. The van der Waals surface area contributed by atoms with Gasteiger partial charge in [0.05, 0.1) is 0 Å². The van der Waals surface area contributed by atoms with Gasteiger partial charge >= 0.3 is 0 Å². The van der Waals surface area contributed by atoms with Gasteiger partial charge in [-0.25, -0.2) is 0 Å². The van der Waals surface area contributed by atoms with E-state index in [1.807, 2.05) is 12.1 Å². The van der Waals surface area contributed by atoms with Crippen LogP contribution in [0.25, 0.3) is 0 Å². The lowest BCUT2D eigenvalue weighted by atomic mass is 9.95. The van der Waals surface area contributed by atoms with E-state index in [0.717, 1.165) is 22.5 Å². The predicted octanol–water partition coefficient (Wildman–Crippen LogP) is 3.82. The number of benzene rings is 1. The molecular formula is C17H25BrN2O. The van der Waals surface area contributed by atoms with Crippen molar-refractivity contribution in [2.45, 2.75) is 57.2 Å². The first-order chi connectivity index (χ1) is 10.2. The number of rotatable bonds is 4. The molecule has 1 aromatic carbocycles. The first-order valence-electron chi connectivity index (χ1n) is 8.16. The highest BCUT2D eigenvalue weighted by Crippen LogP contribution is 2.32. The number of phenolic OH excluding ortho intramolecular Hbond substituents is 1. The SMILES string of the molecule is CCC(NC1CCN2CCCC2C1)c1cc(Br)ccc1O. The minimum Gasteiger partial charge on any atom is -0.508 e. The van der Waals surface area contributed by atoms with Gasteiger partial charge in [0.1, 0.15) is 5.75 Å². The van der Waals surface area contributed by atoms with E-state index in [4.69, 9.17) is 0 Å². The van der Waals surface area contributed by atoms with Crippen molar-refractivity contribution in [1.29, 1.82) is 0 Å². The van der Waals surface area contributed by atoms with Crippen LogP contribution in [0, 0.1) is 0 Å². The van der Waals surface area contributed by atoms with Crippen LogP contribution in [-0.4, -0.2) is 35.2 Å². The second-order valence-corrected chi connectivity index (χ2v) is 7.30. The highest BCUT2D eigenvalue weighted by molar-refractivity contribution is 9.10. The molecule has 3 rings (SSSR count). The molecular weight excluding hydrogens is 328 g/mol. The summed E-state index contributed by atoms with van der Waals surface area (Å²) in [5.41, 5.74) is 1.01. The van der Waals surface area contributed by atoms with E-state index in [2.05, 4.69) is 33.1 Å². The molecule has 2 aliphatic heterocycles. The third-order valence-corrected chi connectivity index (χ3v) is 5.52. The Hall–Kier alpha value is -0.580. The van der Waals surface area contributed by atoms with Gasteiger partial charge in [0.25, 0.3) is 0 Å². The molecule has 0 aromatic heterocycles. The summed E-state index contributed by atoms with van der Waals surface area (Å²) in [7, 11) is 0. The van der Waals surface area contributed by atoms with Gasteiger partial charge in [0, 0.05) is 28.2 Å². The summed E-state index contributed by atoms with van der Waals surface area (Å²) in [5, 5.41) is 13.9. The number of phenols is 1. The highest BCUT2D eigenvalue weighted by Gasteiger charge is 2.32. The Morgan fingerprint density at radius 3 is 3.05 bits per heavy atom. The number of hydrogen-bond donors (Lipinski definition) is 2. The topological polar surface area (TPSA) is 35.5 Å². The van der Waals surface area contributed by atoms with Crippen LogP contribution in [0.15, 0.2) is 22.7 Å². The Kier molecular flexibility index (Phi) is 4.87. The van der Waals surface area contributed by atoms with Crippen LogP contribution in [0.4, 0.5) is 0 Å². The molecule has 0 aliphatic carbocycles. The van der Waals surface area contributed by atoms with Crippen molar-refractivity contribution < 1.29 is 5.11 Å². The minimum absolute atomic E-state index is 0.237. The lowest BCUT2D eigenvalue weighted by molar-refractivity contribution is 0.160. The molecule has 4 heteroatoms. The molecule has 116 valence electrons. The van der Waals surface area contributed by atoms with Crippen LogP contribution < -0.4 is 5.32 Å². The largest absolute Gasteiger partial charge is 0.508 e. The van der Waals surface area contributed by atoms with Gasteiger partial charge in [0.2, 0.25) is 0 Å². The van der Waals surface area contributed by atoms with Gasteiger partial charge < -0.3 is 15.3 Å². The lowest BCUT2D eigenvalue weighted by Crippen LogP contribution is -2.46. The average Bonchev–Trinajstić information content (AvgIpc) is 2.95. The molecule has 3 unspecified atom stereocenters. The molecule has 2 heterocycles. The van der Waals surface area contributed by atoms with E-state index in [-0.39, 0.29) is 6.04 Å². The molecule has 0 spiro atoms. The second-order valence-electron chi connectivity index (χ2n) is 6.38. The first-order valence-corrected chi connectivity index (χ1v) is 8.95. The van der Waals surface area contributed by atoms with Crippen LogP contribution in [0.1, 0.15) is 50.6 Å². The molecule has 1 aromatic rings. The first kappa shape index (κ1) is 15.3. The molecule has 3 nitrogen and oxygen atoms in total. The van der Waals surface area contributed by atoms with Crippen LogP contribution in [0.2, 0.25) is 0 Å². The van der Waals surface area contributed by atoms with Gasteiger partial charge in [-0.3, -0.25) is 0 Å². The van der Waals surface area contributed by atoms with Crippen LogP contribution in [0.3, 0.4) is 0 Å². The normalized spacial score (nSPS) is 27.5. The highest BCUT2D eigenvalue weighted by atomic mass is 79.9. The van der Waals surface area contributed by atoms with Crippen molar-refractivity contribution in [2.75, 3.05) is 13.1 Å². The van der Waals surface area contributed by atoms with E-state index < -0.39 is 0 Å². The lowest BCUT2D eigenvalue weighted by Gasteiger charge is -2.37. The Morgan fingerprint density at radius 2 is 2.24 bits per heavy atom. The summed E-state index contributed by atoms with van der Waals surface area (Å²) in [6.45, 7) is 4.70. The molecule has 0 bridgehead atoms. The Labute approximate surface area is 135 Å². The fourth-order valence-electron chi connectivity index (χ4n) is 3.89. The molecule has 2 aliphatic rings. The second kappa shape index (κ2) is 6.67. The number of fused-ring (bicyclic) bond motifs is 1. The number of aromatic hydroxyl groups is 1. The summed E-state index contributed by atoms with van der Waals surface area (Å²) < 4.78 is 1.03. The van der Waals surface area contributed by atoms with Gasteiger partial charge in [-0.1, -0.05) is 22.9 Å².